The molecule has 3 rings (SSSR count). The third-order valence-corrected chi connectivity index (χ3v) is 3.44. The lowest BCUT2D eigenvalue weighted by Gasteiger charge is -2.08. The minimum atomic E-state index is 0.343. The fourth-order valence-electron chi connectivity index (χ4n) is 1.73. The van der Waals surface area contributed by atoms with E-state index in [0.717, 1.165) is 5.56 Å². The van der Waals surface area contributed by atoms with Gasteiger partial charge in [-0.15, -0.1) is 0 Å². The molecule has 18 heavy (non-hydrogen) atoms. The van der Waals surface area contributed by atoms with Crippen LogP contribution in [0.4, 0.5) is 0 Å². The fourth-order valence-corrected chi connectivity index (χ4v) is 2.52. The van der Waals surface area contributed by atoms with E-state index in [0.29, 0.717) is 26.5 Å². The molecule has 0 unspecified atom stereocenters. The van der Waals surface area contributed by atoms with Gasteiger partial charge in [-0.05, 0) is 17.7 Å². The normalized spacial score (nSPS) is 11.1. The number of rotatable bonds is 1. The van der Waals surface area contributed by atoms with Crippen LogP contribution in [0.1, 0.15) is 0 Å². The molecule has 0 amide bonds. The van der Waals surface area contributed by atoms with Gasteiger partial charge in [0.25, 0.3) is 0 Å². The Kier molecular flexibility index (Phi) is 2.90. The first-order chi connectivity index (χ1) is 8.66. The summed E-state index contributed by atoms with van der Waals surface area (Å²) in [5.74, 6) is 0. The van der Waals surface area contributed by atoms with Gasteiger partial charge >= 0.3 is 0 Å². The third kappa shape index (κ3) is 1.85. The van der Waals surface area contributed by atoms with Gasteiger partial charge in [-0.25, -0.2) is 9.50 Å². The Bertz CT molecular complexity index is 719. The van der Waals surface area contributed by atoms with E-state index in [1.807, 2.05) is 12.1 Å². The van der Waals surface area contributed by atoms with Crippen molar-refractivity contribution in [1.82, 2.24) is 14.6 Å². The maximum Gasteiger partial charge on any atom is 0.158 e. The smallest absolute Gasteiger partial charge is 0.158 e. The van der Waals surface area contributed by atoms with Gasteiger partial charge in [0.05, 0.1) is 11.8 Å². The minimum Gasteiger partial charge on any atom is -0.216 e. The van der Waals surface area contributed by atoms with Crippen molar-refractivity contribution in [3.63, 3.8) is 0 Å². The summed E-state index contributed by atoms with van der Waals surface area (Å²) in [7, 11) is 0. The maximum atomic E-state index is 6.31. The number of aromatic nitrogens is 3. The van der Waals surface area contributed by atoms with Gasteiger partial charge in [-0.1, -0.05) is 46.9 Å². The van der Waals surface area contributed by atoms with Crippen molar-refractivity contribution in [3.8, 4) is 11.1 Å². The molecule has 0 N–H and O–H groups in total. The van der Waals surface area contributed by atoms with Crippen LogP contribution in [-0.4, -0.2) is 14.6 Å². The van der Waals surface area contributed by atoms with Crippen molar-refractivity contribution < 1.29 is 0 Å². The Morgan fingerprint density at radius 3 is 2.39 bits per heavy atom. The average molecular weight is 299 g/mol. The number of benzene rings is 1. The summed E-state index contributed by atoms with van der Waals surface area (Å²) in [5.41, 5.74) is 2.10. The van der Waals surface area contributed by atoms with Crippen LogP contribution in [0.2, 0.25) is 15.3 Å². The molecule has 0 saturated heterocycles. The molecular weight excluding hydrogens is 293 g/mol. The topological polar surface area (TPSA) is 30.2 Å². The van der Waals surface area contributed by atoms with Crippen LogP contribution in [0.15, 0.2) is 36.5 Å². The highest BCUT2D eigenvalue weighted by atomic mass is 35.5. The molecule has 0 aliphatic carbocycles. The quantitative estimate of drug-likeness (QED) is 0.625. The van der Waals surface area contributed by atoms with Crippen molar-refractivity contribution in [2.24, 2.45) is 0 Å². The predicted molar refractivity (Wildman–Crippen MR) is 73.5 cm³/mol. The van der Waals surface area contributed by atoms with Crippen LogP contribution >= 0.6 is 34.8 Å². The van der Waals surface area contributed by atoms with Crippen LogP contribution in [0.5, 0.6) is 0 Å². The van der Waals surface area contributed by atoms with Gasteiger partial charge in [0.2, 0.25) is 0 Å². The van der Waals surface area contributed by atoms with Gasteiger partial charge in [0, 0.05) is 11.1 Å². The minimum absolute atomic E-state index is 0.343. The summed E-state index contributed by atoms with van der Waals surface area (Å²) in [6.45, 7) is 0. The molecule has 0 aliphatic rings. The van der Waals surface area contributed by atoms with E-state index in [4.69, 9.17) is 34.8 Å². The summed E-state index contributed by atoms with van der Waals surface area (Å²) in [6.07, 6.45) is 1.62. The van der Waals surface area contributed by atoms with Crippen LogP contribution in [0.25, 0.3) is 16.8 Å². The van der Waals surface area contributed by atoms with E-state index < -0.39 is 0 Å². The summed E-state index contributed by atoms with van der Waals surface area (Å²) < 4.78 is 1.54. The first-order valence-electron chi connectivity index (χ1n) is 5.11. The Morgan fingerprint density at radius 1 is 0.944 bits per heavy atom. The van der Waals surface area contributed by atoms with E-state index in [-0.39, 0.29) is 0 Å². The Balaban J connectivity index is 2.30. The summed E-state index contributed by atoms with van der Waals surface area (Å²) in [6, 6.07) is 8.97. The number of fused-ring (bicyclic) bond motifs is 1. The van der Waals surface area contributed by atoms with E-state index >= 15 is 0 Å². The standard InChI is InChI=1S/C12H6Cl3N3/c13-8-3-1-7(2-4-8)10-11(14)17-9-5-6-16-18(9)12(10)15/h1-6H. The molecule has 0 radical (unpaired) electrons. The Morgan fingerprint density at radius 2 is 1.67 bits per heavy atom. The molecule has 0 atom stereocenters. The summed E-state index contributed by atoms with van der Waals surface area (Å²) in [5, 5.41) is 5.52. The van der Waals surface area contributed by atoms with Crippen molar-refractivity contribution in [2.45, 2.75) is 0 Å². The van der Waals surface area contributed by atoms with Crippen molar-refractivity contribution >= 4 is 40.4 Å². The molecule has 0 aliphatic heterocycles. The highest BCUT2D eigenvalue weighted by Crippen LogP contribution is 2.34. The van der Waals surface area contributed by atoms with E-state index in [2.05, 4.69) is 10.1 Å². The van der Waals surface area contributed by atoms with Gasteiger partial charge in [-0.3, -0.25) is 0 Å². The second-order valence-electron chi connectivity index (χ2n) is 3.68. The molecule has 0 fully saturated rings. The van der Waals surface area contributed by atoms with E-state index in [9.17, 15) is 0 Å². The number of nitrogens with zero attached hydrogens (tertiary/aromatic N) is 3. The largest absolute Gasteiger partial charge is 0.216 e. The van der Waals surface area contributed by atoms with E-state index in [1.165, 1.54) is 4.52 Å². The summed E-state index contributed by atoms with van der Waals surface area (Å²) >= 11 is 18.3. The molecule has 0 bridgehead atoms. The molecule has 1 aromatic carbocycles. The molecule has 3 aromatic rings. The lowest BCUT2D eigenvalue weighted by Crippen LogP contribution is -1.96. The third-order valence-electron chi connectivity index (χ3n) is 2.57. The van der Waals surface area contributed by atoms with Crippen molar-refractivity contribution in [1.29, 1.82) is 0 Å². The first-order valence-corrected chi connectivity index (χ1v) is 6.25. The molecule has 90 valence electrons. The Hall–Kier alpha value is -1.29. The van der Waals surface area contributed by atoms with E-state index in [1.54, 1.807) is 24.4 Å². The lowest BCUT2D eigenvalue weighted by atomic mass is 10.1. The molecule has 6 heteroatoms. The molecule has 0 spiro atoms. The molecule has 0 saturated carbocycles. The zero-order chi connectivity index (χ0) is 12.7. The van der Waals surface area contributed by atoms with Crippen LogP contribution < -0.4 is 0 Å². The van der Waals surface area contributed by atoms with Crippen LogP contribution in [0.3, 0.4) is 0 Å². The molecule has 2 aromatic heterocycles. The van der Waals surface area contributed by atoms with Gasteiger partial charge < -0.3 is 0 Å². The molecule has 2 heterocycles. The second-order valence-corrected chi connectivity index (χ2v) is 4.83. The fraction of sp³-hybridized carbons (Fsp3) is 0. The zero-order valence-electron chi connectivity index (χ0n) is 8.94. The maximum absolute atomic E-state index is 6.31. The van der Waals surface area contributed by atoms with Crippen LogP contribution in [-0.2, 0) is 0 Å². The van der Waals surface area contributed by atoms with Crippen molar-refractivity contribution in [3.05, 3.63) is 51.9 Å². The highest BCUT2D eigenvalue weighted by Gasteiger charge is 2.14. The van der Waals surface area contributed by atoms with Gasteiger partial charge in [0.15, 0.2) is 5.65 Å². The lowest BCUT2D eigenvalue weighted by molar-refractivity contribution is 0.942. The number of hydrogen-bond donors (Lipinski definition) is 0. The van der Waals surface area contributed by atoms with Gasteiger partial charge in [0.1, 0.15) is 10.3 Å². The highest BCUT2D eigenvalue weighted by molar-refractivity contribution is 6.38. The second kappa shape index (κ2) is 4.43. The number of halogens is 3. The SMILES string of the molecule is Clc1ccc(-c2c(Cl)nc3ccnn3c2Cl)cc1. The van der Waals surface area contributed by atoms with Gasteiger partial charge in [-0.2, -0.15) is 5.10 Å². The monoisotopic (exact) mass is 297 g/mol. The molecular formula is C12H6Cl3N3. The predicted octanol–water partition coefficient (Wildman–Crippen LogP) is 4.36. The number of hydrogen-bond acceptors (Lipinski definition) is 2. The van der Waals surface area contributed by atoms with Crippen LogP contribution in [0, 0.1) is 0 Å². The Labute approximate surface area is 118 Å². The average Bonchev–Trinajstić information content (AvgIpc) is 2.80. The molecule has 3 nitrogen and oxygen atoms in total. The zero-order valence-corrected chi connectivity index (χ0v) is 11.2. The first kappa shape index (κ1) is 11.8. The van der Waals surface area contributed by atoms with Crippen molar-refractivity contribution in [2.75, 3.05) is 0 Å². The summed E-state index contributed by atoms with van der Waals surface area (Å²) in [4.78, 5) is 4.24.